The van der Waals surface area contributed by atoms with Crippen LogP contribution < -0.4 is 19.7 Å². The Morgan fingerprint density at radius 3 is 2.33 bits per heavy atom. The molecule has 0 bridgehead atoms. The zero-order chi connectivity index (χ0) is 25.8. The Balaban J connectivity index is 1.48. The van der Waals surface area contributed by atoms with Crippen LogP contribution in [0.15, 0.2) is 36.7 Å². The van der Waals surface area contributed by atoms with Crippen LogP contribution in [0.2, 0.25) is 0 Å². The van der Waals surface area contributed by atoms with Crippen LogP contribution in [-0.2, 0) is 6.54 Å². The maximum atomic E-state index is 9.70. The van der Waals surface area contributed by atoms with Crippen molar-refractivity contribution in [1.29, 1.82) is 0 Å². The number of aryl methyl sites for hydroxylation is 2. The highest BCUT2D eigenvalue weighted by Gasteiger charge is 2.25. The third-order valence-corrected chi connectivity index (χ3v) is 6.77. The number of benzene rings is 2. The lowest BCUT2D eigenvalue weighted by Gasteiger charge is -2.37. The number of rotatable bonds is 6. The number of aromatic hydroxyl groups is 2. The highest BCUT2D eigenvalue weighted by atomic mass is 32.1. The predicted octanol–water partition coefficient (Wildman–Crippen LogP) is 3.39. The molecule has 1 saturated heterocycles. The number of anilines is 1. The van der Waals surface area contributed by atoms with Gasteiger partial charge in [0.2, 0.25) is 0 Å². The molecule has 0 amide bonds. The molecule has 0 aliphatic carbocycles. The first-order valence-corrected chi connectivity index (χ1v) is 12.1. The second kappa shape index (κ2) is 10.9. The molecule has 9 nitrogen and oxygen atoms in total. The third kappa shape index (κ3) is 5.23. The number of nitrogens with zero attached hydrogens (tertiary/aromatic N) is 4. The second-order valence-electron chi connectivity index (χ2n) is 8.64. The third-order valence-electron chi connectivity index (χ3n) is 6.37. The fourth-order valence-corrected chi connectivity index (χ4v) is 4.61. The molecule has 0 radical (unpaired) electrons. The van der Waals surface area contributed by atoms with Crippen molar-refractivity contribution >= 4 is 23.1 Å². The summed E-state index contributed by atoms with van der Waals surface area (Å²) in [6.07, 6.45) is 1.61. The van der Waals surface area contributed by atoms with Gasteiger partial charge in [-0.3, -0.25) is 0 Å². The van der Waals surface area contributed by atoms with Gasteiger partial charge in [0.25, 0.3) is 0 Å². The fraction of sp³-hybridized carbons (Fsp3) is 0.346. The molecular weight excluding hydrogens is 478 g/mol. The monoisotopic (exact) mass is 509 g/mol. The van der Waals surface area contributed by atoms with Gasteiger partial charge in [0.1, 0.15) is 12.1 Å². The molecule has 0 spiro atoms. The molecule has 190 valence electrons. The number of methoxy groups -OCH3 is 2. The van der Waals surface area contributed by atoms with Crippen LogP contribution in [-0.4, -0.2) is 70.6 Å². The average molecular weight is 510 g/mol. The molecule has 0 atom stereocenters. The summed E-state index contributed by atoms with van der Waals surface area (Å²) in [5, 5.41) is 23.1. The highest BCUT2D eigenvalue weighted by Crippen LogP contribution is 2.39. The lowest BCUT2D eigenvalue weighted by atomic mass is 9.98. The maximum Gasteiger partial charge on any atom is 0.169 e. The Bertz CT molecular complexity index is 1260. The molecule has 1 aliphatic rings. The van der Waals surface area contributed by atoms with E-state index in [2.05, 4.69) is 25.1 Å². The van der Waals surface area contributed by atoms with Gasteiger partial charge >= 0.3 is 0 Å². The van der Waals surface area contributed by atoms with Gasteiger partial charge in [-0.1, -0.05) is 6.07 Å². The number of hydrogen-bond donors (Lipinski definition) is 3. The van der Waals surface area contributed by atoms with Gasteiger partial charge in [-0.15, -0.1) is 0 Å². The van der Waals surface area contributed by atoms with Crippen molar-refractivity contribution in [2.75, 3.05) is 45.3 Å². The fourth-order valence-electron chi connectivity index (χ4n) is 4.36. The Morgan fingerprint density at radius 1 is 0.972 bits per heavy atom. The number of hydrogen-bond acceptors (Lipinski definition) is 8. The number of ether oxygens (including phenoxy) is 2. The van der Waals surface area contributed by atoms with Gasteiger partial charge in [0.05, 0.1) is 19.9 Å². The minimum atomic E-state index is -0.144. The van der Waals surface area contributed by atoms with E-state index in [0.717, 1.165) is 59.9 Å². The Labute approximate surface area is 216 Å². The van der Waals surface area contributed by atoms with Crippen LogP contribution in [0.3, 0.4) is 0 Å². The van der Waals surface area contributed by atoms with Crippen molar-refractivity contribution in [2.45, 2.75) is 20.4 Å². The predicted molar refractivity (Wildman–Crippen MR) is 143 cm³/mol. The van der Waals surface area contributed by atoms with E-state index < -0.39 is 0 Å². The second-order valence-corrected chi connectivity index (χ2v) is 9.02. The standard InChI is InChI=1S/C26H31N5O4S/c1-16-11-22(34-3)23(35-4)13-19(16)24-17(2)28-15-29-25(24)30-7-9-31(10-8-30)26(36)27-14-18-5-6-20(32)21(33)12-18/h5-6,11-13,15,32-33H,7-10,14H2,1-4H3,(H,27,36). The molecule has 1 aliphatic heterocycles. The molecule has 2 heterocycles. The van der Waals surface area contributed by atoms with Crippen LogP contribution in [0.1, 0.15) is 16.8 Å². The quantitative estimate of drug-likeness (QED) is 0.338. The normalized spacial score (nSPS) is 13.4. The number of phenols is 2. The van der Waals surface area contributed by atoms with E-state index in [0.29, 0.717) is 23.2 Å². The van der Waals surface area contributed by atoms with Crippen LogP contribution in [0.5, 0.6) is 23.0 Å². The summed E-state index contributed by atoms with van der Waals surface area (Å²) in [6, 6.07) is 8.70. The zero-order valence-corrected chi connectivity index (χ0v) is 21.7. The summed E-state index contributed by atoms with van der Waals surface area (Å²) in [7, 11) is 3.26. The average Bonchev–Trinajstić information content (AvgIpc) is 2.89. The van der Waals surface area contributed by atoms with Crippen LogP contribution in [0.4, 0.5) is 5.82 Å². The lowest BCUT2D eigenvalue weighted by molar-refractivity contribution is 0.355. The van der Waals surface area contributed by atoms with Gasteiger partial charge in [0.15, 0.2) is 28.1 Å². The Morgan fingerprint density at radius 2 is 1.67 bits per heavy atom. The van der Waals surface area contributed by atoms with Crippen molar-refractivity contribution in [3.05, 3.63) is 53.5 Å². The summed E-state index contributed by atoms with van der Waals surface area (Å²) in [6.45, 7) is 7.46. The first-order chi connectivity index (χ1) is 17.3. The molecular formula is C26H31N5O4S. The Hall–Kier alpha value is -3.79. The summed E-state index contributed by atoms with van der Waals surface area (Å²) in [5.74, 6) is 1.95. The van der Waals surface area contributed by atoms with Gasteiger partial charge in [-0.05, 0) is 67.0 Å². The van der Waals surface area contributed by atoms with Crippen molar-refractivity contribution in [2.24, 2.45) is 0 Å². The van der Waals surface area contributed by atoms with Crippen molar-refractivity contribution in [3.8, 4) is 34.1 Å². The number of piperazine rings is 1. The Kier molecular flexibility index (Phi) is 7.64. The van der Waals surface area contributed by atoms with Crippen molar-refractivity contribution < 1.29 is 19.7 Å². The zero-order valence-electron chi connectivity index (χ0n) is 20.9. The first-order valence-electron chi connectivity index (χ1n) is 11.7. The van der Waals surface area contributed by atoms with E-state index in [9.17, 15) is 10.2 Å². The SMILES string of the molecule is COc1cc(C)c(-c2c(C)ncnc2N2CCN(C(=S)NCc3ccc(O)c(O)c3)CC2)cc1OC. The van der Waals surface area contributed by atoms with Gasteiger partial charge in [-0.25, -0.2) is 9.97 Å². The molecule has 3 N–H and O–H groups in total. The van der Waals surface area contributed by atoms with E-state index in [4.69, 9.17) is 21.7 Å². The van der Waals surface area contributed by atoms with E-state index >= 15 is 0 Å². The summed E-state index contributed by atoms with van der Waals surface area (Å²) in [5.41, 5.74) is 4.77. The van der Waals surface area contributed by atoms with E-state index in [1.54, 1.807) is 26.6 Å². The molecule has 10 heteroatoms. The van der Waals surface area contributed by atoms with Gasteiger partial charge in [-0.2, -0.15) is 0 Å². The summed E-state index contributed by atoms with van der Waals surface area (Å²) < 4.78 is 11.0. The molecule has 1 aromatic heterocycles. The van der Waals surface area contributed by atoms with E-state index in [1.807, 2.05) is 26.0 Å². The number of thiocarbonyl (C=S) groups is 1. The van der Waals surface area contributed by atoms with Crippen molar-refractivity contribution in [1.82, 2.24) is 20.2 Å². The maximum absolute atomic E-state index is 9.70. The molecule has 3 aromatic rings. The number of nitrogens with one attached hydrogen (secondary N) is 1. The lowest BCUT2D eigenvalue weighted by Crippen LogP contribution is -2.52. The molecule has 0 saturated carbocycles. The van der Waals surface area contributed by atoms with E-state index in [-0.39, 0.29) is 11.5 Å². The van der Waals surface area contributed by atoms with Gasteiger partial charge < -0.3 is 34.8 Å². The highest BCUT2D eigenvalue weighted by molar-refractivity contribution is 7.80. The summed E-state index contributed by atoms with van der Waals surface area (Å²) in [4.78, 5) is 13.5. The van der Waals surface area contributed by atoms with Crippen LogP contribution in [0.25, 0.3) is 11.1 Å². The molecule has 2 aromatic carbocycles. The van der Waals surface area contributed by atoms with Crippen LogP contribution in [0, 0.1) is 13.8 Å². The molecule has 36 heavy (non-hydrogen) atoms. The largest absolute Gasteiger partial charge is 0.504 e. The molecule has 4 rings (SSSR count). The van der Waals surface area contributed by atoms with E-state index in [1.165, 1.54) is 12.1 Å². The number of aromatic nitrogens is 2. The van der Waals surface area contributed by atoms with Crippen molar-refractivity contribution in [3.63, 3.8) is 0 Å². The first kappa shape index (κ1) is 25.3. The minimum Gasteiger partial charge on any atom is -0.504 e. The van der Waals surface area contributed by atoms with Crippen LogP contribution >= 0.6 is 12.2 Å². The topological polar surface area (TPSA) is 103 Å². The minimum absolute atomic E-state index is 0.139. The van der Waals surface area contributed by atoms with Gasteiger partial charge in [0, 0.05) is 38.3 Å². The summed E-state index contributed by atoms with van der Waals surface area (Å²) >= 11 is 5.61. The molecule has 1 fully saturated rings. The molecule has 0 unspecified atom stereocenters. The smallest absolute Gasteiger partial charge is 0.169 e. The number of phenolic OH excluding ortho intramolecular Hbond substituents is 2.